The van der Waals surface area contributed by atoms with Crippen molar-refractivity contribution >= 4 is 11.7 Å². The SMILES string of the molecule is C.Cc1ccc(N)c(C(=O)O)c1. The highest BCUT2D eigenvalue weighted by Gasteiger charge is 2.05. The van der Waals surface area contributed by atoms with E-state index in [0.717, 1.165) is 5.56 Å². The van der Waals surface area contributed by atoms with Crippen molar-refractivity contribution in [1.82, 2.24) is 0 Å². The van der Waals surface area contributed by atoms with Crippen molar-refractivity contribution in [1.29, 1.82) is 0 Å². The lowest BCUT2D eigenvalue weighted by molar-refractivity contribution is 0.0698. The second kappa shape index (κ2) is 3.76. The Morgan fingerprint density at radius 1 is 1.50 bits per heavy atom. The van der Waals surface area contributed by atoms with Gasteiger partial charge in [0.15, 0.2) is 0 Å². The van der Waals surface area contributed by atoms with Crippen LogP contribution in [0.5, 0.6) is 0 Å². The zero-order valence-corrected chi connectivity index (χ0v) is 6.16. The minimum absolute atomic E-state index is 0. The molecule has 12 heavy (non-hydrogen) atoms. The molecule has 3 heteroatoms. The Hall–Kier alpha value is -1.51. The molecule has 0 saturated heterocycles. The summed E-state index contributed by atoms with van der Waals surface area (Å²) >= 11 is 0. The van der Waals surface area contributed by atoms with Gasteiger partial charge >= 0.3 is 5.97 Å². The maximum atomic E-state index is 10.5. The standard InChI is InChI=1S/C8H9NO2.CH4/c1-5-2-3-7(9)6(4-5)8(10)11;/h2-4H,9H2,1H3,(H,10,11);1H4. The van der Waals surface area contributed by atoms with Gasteiger partial charge in [0.1, 0.15) is 0 Å². The minimum atomic E-state index is -0.980. The Morgan fingerprint density at radius 3 is 2.50 bits per heavy atom. The third kappa shape index (κ3) is 1.99. The van der Waals surface area contributed by atoms with Gasteiger partial charge in [-0.2, -0.15) is 0 Å². The Bertz CT molecular complexity index is 295. The van der Waals surface area contributed by atoms with Crippen molar-refractivity contribution < 1.29 is 9.90 Å². The number of nitrogen functional groups attached to an aromatic ring is 1. The van der Waals surface area contributed by atoms with Crippen LogP contribution >= 0.6 is 0 Å². The summed E-state index contributed by atoms with van der Waals surface area (Å²) in [5.41, 5.74) is 6.79. The highest BCUT2D eigenvalue weighted by atomic mass is 16.4. The molecule has 0 amide bonds. The van der Waals surface area contributed by atoms with E-state index in [9.17, 15) is 4.79 Å². The summed E-state index contributed by atoms with van der Waals surface area (Å²) < 4.78 is 0. The van der Waals surface area contributed by atoms with Crippen LogP contribution < -0.4 is 5.73 Å². The van der Waals surface area contributed by atoms with E-state index >= 15 is 0 Å². The molecule has 0 bridgehead atoms. The van der Waals surface area contributed by atoms with Gasteiger partial charge in [0, 0.05) is 5.69 Å². The fraction of sp³-hybridized carbons (Fsp3) is 0.222. The molecular formula is C9H13NO2. The van der Waals surface area contributed by atoms with Gasteiger partial charge < -0.3 is 10.8 Å². The predicted octanol–water partition coefficient (Wildman–Crippen LogP) is 1.91. The smallest absolute Gasteiger partial charge is 0.337 e. The van der Waals surface area contributed by atoms with Crippen molar-refractivity contribution in [2.75, 3.05) is 5.73 Å². The van der Waals surface area contributed by atoms with Gasteiger partial charge in [0.25, 0.3) is 0 Å². The highest BCUT2D eigenvalue weighted by Crippen LogP contribution is 2.12. The number of aromatic carboxylic acids is 1. The van der Waals surface area contributed by atoms with E-state index in [1.807, 2.05) is 6.92 Å². The van der Waals surface area contributed by atoms with Crippen LogP contribution in [0.1, 0.15) is 23.3 Å². The molecule has 1 aromatic carbocycles. The monoisotopic (exact) mass is 167 g/mol. The molecule has 0 radical (unpaired) electrons. The van der Waals surface area contributed by atoms with Crippen LogP contribution in [0.3, 0.4) is 0 Å². The molecule has 3 N–H and O–H groups in total. The Balaban J connectivity index is 0.00000121. The molecule has 0 spiro atoms. The number of rotatable bonds is 1. The number of benzene rings is 1. The number of nitrogens with two attached hydrogens (primary N) is 1. The van der Waals surface area contributed by atoms with Crippen LogP contribution in [0.4, 0.5) is 5.69 Å². The van der Waals surface area contributed by atoms with Crippen molar-refractivity contribution in [3.63, 3.8) is 0 Å². The first kappa shape index (κ1) is 10.5. The van der Waals surface area contributed by atoms with Gasteiger partial charge in [-0.15, -0.1) is 0 Å². The van der Waals surface area contributed by atoms with Gasteiger partial charge in [-0.05, 0) is 19.1 Å². The fourth-order valence-electron chi connectivity index (χ4n) is 0.855. The molecule has 0 aliphatic carbocycles. The first-order chi connectivity index (χ1) is 5.11. The maximum Gasteiger partial charge on any atom is 0.337 e. The number of anilines is 1. The van der Waals surface area contributed by atoms with E-state index in [1.54, 1.807) is 18.2 Å². The van der Waals surface area contributed by atoms with Crippen LogP contribution in [0, 0.1) is 6.92 Å². The Morgan fingerprint density at radius 2 is 2.08 bits per heavy atom. The van der Waals surface area contributed by atoms with Crippen molar-refractivity contribution in [2.24, 2.45) is 0 Å². The van der Waals surface area contributed by atoms with Gasteiger partial charge in [0.05, 0.1) is 5.56 Å². The lowest BCUT2D eigenvalue weighted by atomic mass is 10.1. The summed E-state index contributed by atoms with van der Waals surface area (Å²) in [6.07, 6.45) is 0. The first-order valence-corrected chi connectivity index (χ1v) is 3.20. The average Bonchev–Trinajstić information content (AvgIpc) is 1.94. The summed E-state index contributed by atoms with van der Waals surface area (Å²) in [6, 6.07) is 4.93. The fourth-order valence-corrected chi connectivity index (χ4v) is 0.855. The topological polar surface area (TPSA) is 63.3 Å². The second-order valence-corrected chi connectivity index (χ2v) is 2.40. The zero-order chi connectivity index (χ0) is 8.43. The lowest BCUT2D eigenvalue weighted by Crippen LogP contribution is -2.02. The molecule has 1 rings (SSSR count). The molecule has 0 saturated carbocycles. The predicted molar refractivity (Wildman–Crippen MR) is 49.3 cm³/mol. The number of hydrogen-bond donors (Lipinski definition) is 2. The summed E-state index contributed by atoms with van der Waals surface area (Å²) in [5, 5.41) is 8.61. The summed E-state index contributed by atoms with van der Waals surface area (Å²) in [6.45, 7) is 1.83. The van der Waals surface area contributed by atoms with E-state index < -0.39 is 5.97 Å². The third-order valence-corrected chi connectivity index (χ3v) is 1.44. The Labute approximate surface area is 71.8 Å². The molecule has 0 unspecified atom stereocenters. The maximum absolute atomic E-state index is 10.5. The normalized spacial score (nSPS) is 8.75. The van der Waals surface area contributed by atoms with Gasteiger partial charge in [-0.1, -0.05) is 19.1 Å². The van der Waals surface area contributed by atoms with Crippen LogP contribution in [-0.2, 0) is 0 Å². The van der Waals surface area contributed by atoms with E-state index in [1.165, 1.54) is 0 Å². The molecule has 0 fully saturated rings. The van der Waals surface area contributed by atoms with Gasteiger partial charge in [0.2, 0.25) is 0 Å². The lowest BCUT2D eigenvalue weighted by Gasteiger charge is -2.00. The van der Waals surface area contributed by atoms with Crippen molar-refractivity contribution in [3.05, 3.63) is 29.3 Å². The quantitative estimate of drug-likeness (QED) is 0.628. The molecule has 0 aliphatic rings. The number of aryl methyl sites for hydroxylation is 1. The summed E-state index contributed by atoms with van der Waals surface area (Å²) in [4.78, 5) is 10.5. The van der Waals surface area contributed by atoms with Crippen molar-refractivity contribution in [2.45, 2.75) is 14.4 Å². The Kier molecular flexibility index (Phi) is 3.29. The molecule has 0 aromatic heterocycles. The average molecular weight is 167 g/mol. The van der Waals surface area contributed by atoms with E-state index in [-0.39, 0.29) is 13.0 Å². The summed E-state index contributed by atoms with van der Waals surface area (Å²) in [5.74, 6) is -0.980. The van der Waals surface area contributed by atoms with Crippen LogP contribution in [0.25, 0.3) is 0 Å². The van der Waals surface area contributed by atoms with Crippen molar-refractivity contribution in [3.8, 4) is 0 Å². The molecule has 1 aromatic rings. The second-order valence-electron chi connectivity index (χ2n) is 2.40. The molecule has 0 atom stereocenters. The number of carboxylic acids is 1. The van der Waals surface area contributed by atoms with Crippen LogP contribution in [0.15, 0.2) is 18.2 Å². The van der Waals surface area contributed by atoms with E-state index in [2.05, 4.69) is 0 Å². The largest absolute Gasteiger partial charge is 0.478 e. The highest BCUT2D eigenvalue weighted by molar-refractivity contribution is 5.93. The van der Waals surface area contributed by atoms with E-state index in [4.69, 9.17) is 10.8 Å². The van der Waals surface area contributed by atoms with E-state index in [0.29, 0.717) is 5.69 Å². The first-order valence-electron chi connectivity index (χ1n) is 3.20. The molecule has 66 valence electrons. The van der Waals surface area contributed by atoms with Gasteiger partial charge in [-0.25, -0.2) is 4.79 Å². The molecule has 0 heterocycles. The number of carboxylic acid groups (broad SMARTS) is 1. The molecule has 0 aliphatic heterocycles. The number of hydrogen-bond acceptors (Lipinski definition) is 2. The van der Waals surface area contributed by atoms with Crippen LogP contribution in [0.2, 0.25) is 0 Å². The summed E-state index contributed by atoms with van der Waals surface area (Å²) in [7, 11) is 0. The molecule has 3 nitrogen and oxygen atoms in total. The number of carbonyl (C=O) groups is 1. The molecular weight excluding hydrogens is 154 g/mol. The third-order valence-electron chi connectivity index (χ3n) is 1.44. The zero-order valence-electron chi connectivity index (χ0n) is 6.16. The van der Waals surface area contributed by atoms with Crippen LogP contribution in [-0.4, -0.2) is 11.1 Å². The minimum Gasteiger partial charge on any atom is -0.478 e. The van der Waals surface area contributed by atoms with Gasteiger partial charge in [-0.3, -0.25) is 0 Å².